The molecule has 1 amide bonds. The lowest BCUT2D eigenvalue weighted by Gasteiger charge is -2.12. The van der Waals surface area contributed by atoms with E-state index in [-0.39, 0.29) is 5.91 Å². The lowest BCUT2D eigenvalue weighted by molar-refractivity contribution is -0.122. The topological polar surface area (TPSA) is 55.1 Å². The van der Waals surface area contributed by atoms with E-state index in [1.165, 1.54) is 12.8 Å². The van der Waals surface area contributed by atoms with Gasteiger partial charge in [0.25, 0.3) is 0 Å². The highest BCUT2D eigenvalue weighted by Gasteiger charge is 2.37. The number of carbonyl (C=O) groups excluding carboxylic acids is 1. The fourth-order valence-corrected chi connectivity index (χ4v) is 2.20. The van der Waals surface area contributed by atoms with Gasteiger partial charge in [0.05, 0.1) is 0 Å². The molecule has 1 saturated carbocycles. The molecule has 2 rings (SSSR count). The van der Waals surface area contributed by atoms with Gasteiger partial charge in [-0.25, -0.2) is 0 Å². The Balaban J connectivity index is 1.85. The summed E-state index contributed by atoms with van der Waals surface area (Å²) in [5, 5.41) is 3.02. The molecule has 1 aliphatic carbocycles. The summed E-state index contributed by atoms with van der Waals surface area (Å²) in [5.74, 6) is 0.617. The Labute approximate surface area is 102 Å². The van der Waals surface area contributed by atoms with Crippen LogP contribution in [0.15, 0.2) is 30.3 Å². The maximum Gasteiger partial charge on any atom is 0.241 e. The van der Waals surface area contributed by atoms with Gasteiger partial charge in [0.2, 0.25) is 5.91 Å². The van der Waals surface area contributed by atoms with Crippen LogP contribution in [0, 0.1) is 5.92 Å². The number of benzene rings is 1. The second kappa shape index (κ2) is 5.32. The van der Waals surface area contributed by atoms with Gasteiger partial charge in [-0.2, -0.15) is 0 Å². The summed E-state index contributed by atoms with van der Waals surface area (Å²) >= 11 is 0. The van der Waals surface area contributed by atoms with Crippen molar-refractivity contribution in [2.45, 2.75) is 38.3 Å². The van der Waals surface area contributed by atoms with Crippen LogP contribution in [0.1, 0.15) is 37.8 Å². The van der Waals surface area contributed by atoms with E-state index in [2.05, 4.69) is 12.2 Å². The summed E-state index contributed by atoms with van der Waals surface area (Å²) in [6, 6.07) is 9.32. The van der Waals surface area contributed by atoms with E-state index >= 15 is 0 Å². The summed E-state index contributed by atoms with van der Waals surface area (Å²) in [4.78, 5) is 11.9. The normalized spacial score (nSPS) is 24.1. The summed E-state index contributed by atoms with van der Waals surface area (Å²) in [6.07, 6.45) is 3.49. The number of rotatable bonds is 5. The monoisotopic (exact) mass is 232 g/mol. The molecular formula is C14H20N2O. The summed E-state index contributed by atoms with van der Waals surface area (Å²) < 4.78 is 0. The molecule has 3 N–H and O–H groups in total. The molecule has 1 fully saturated rings. The van der Waals surface area contributed by atoms with Gasteiger partial charge in [-0.05, 0) is 24.3 Å². The van der Waals surface area contributed by atoms with Gasteiger partial charge in [0, 0.05) is 6.04 Å². The predicted octanol–water partition coefficient (Wildman–Crippen LogP) is 1.99. The van der Waals surface area contributed by atoms with Crippen LogP contribution in [-0.4, -0.2) is 11.9 Å². The van der Waals surface area contributed by atoms with Crippen molar-refractivity contribution in [3.63, 3.8) is 0 Å². The van der Waals surface area contributed by atoms with Crippen molar-refractivity contribution in [2.75, 3.05) is 0 Å². The second-order valence-corrected chi connectivity index (χ2v) is 4.79. The smallest absolute Gasteiger partial charge is 0.241 e. The van der Waals surface area contributed by atoms with Gasteiger partial charge < -0.3 is 11.1 Å². The molecule has 92 valence electrons. The van der Waals surface area contributed by atoms with E-state index < -0.39 is 6.04 Å². The Bertz CT molecular complexity index is 377. The average Bonchev–Trinajstić information content (AvgIpc) is 3.08. The van der Waals surface area contributed by atoms with E-state index in [1.54, 1.807) is 0 Å². The maximum absolute atomic E-state index is 11.9. The standard InChI is InChI=1S/C14H20N2O/c1-2-6-11-9-12(11)16-14(17)13(15)10-7-4-3-5-8-10/h3-5,7-8,11-13H,2,6,9,15H2,1H3,(H,16,17). The van der Waals surface area contributed by atoms with Crippen LogP contribution < -0.4 is 11.1 Å². The number of hydrogen-bond donors (Lipinski definition) is 2. The van der Waals surface area contributed by atoms with Crippen LogP contribution >= 0.6 is 0 Å². The van der Waals surface area contributed by atoms with Crippen molar-refractivity contribution in [2.24, 2.45) is 11.7 Å². The van der Waals surface area contributed by atoms with Crippen LogP contribution in [-0.2, 0) is 4.79 Å². The van der Waals surface area contributed by atoms with Gasteiger partial charge in [-0.15, -0.1) is 0 Å². The Hall–Kier alpha value is -1.35. The SMILES string of the molecule is CCCC1CC1NC(=O)C(N)c1ccccc1. The molecule has 0 saturated heterocycles. The molecule has 0 bridgehead atoms. The Morgan fingerprint density at radius 2 is 2.18 bits per heavy atom. The molecule has 0 radical (unpaired) electrons. The summed E-state index contributed by atoms with van der Waals surface area (Å²) in [5.41, 5.74) is 6.79. The zero-order valence-corrected chi connectivity index (χ0v) is 10.2. The Kier molecular flexibility index (Phi) is 3.79. The van der Waals surface area contributed by atoms with Crippen molar-refractivity contribution in [3.8, 4) is 0 Å². The number of carbonyl (C=O) groups is 1. The molecule has 0 aliphatic heterocycles. The lowest BCUT2D eigenvalue weighted by Crippen LogP contribution is -2.36. The molecule has 1 aliphatic rings. The third-order valence-electron chi connectivity index (χ3n) is 3.35. The van der Waals surface area contributed by atoms with E-state index in [0.717, 1.165) is 12.0 Å². The van der Waals surface area contributed by atoms with Crippen molar-refractivity contribution in [3.05, 3.63) is 35.9 Å². The quantitative estimate of drug-likeness (QED) is 0.815. The van der Waals surface area contributed by atoms with Crippen molar-refractivity contribution >= 4 is 5.91 Å². The van der Waals surface area contributed by atoms with Crippen LogP contribution in [0.2, 0.25) is 0 Å². The number of hydrogen-bond acceptors (Lipinski definition) is 2. The maximum atomic E-state index is 11.9. The fraction of sp³-hybridized carbons (Fsp3) is 0.500. The highest BCUT2D eigenvalue weighted by molar-refractivity contribution is 5.83. The molecule has 1 aromatic rings. The molecule has 1 aromatic carbocycles. The zero-order chi connectivity index (χ0) is 12.3. The predicted molar refractivity (Wildman–Crippen MR) is 68.3 cm³/mol. The number of nitrogens with two attached hydrogens (primary N) is 1. The first kappa shape index (κ1) is 12.1. The molecule has 0 heterocycles. The van der Waals surface area contributed by atoms with Gasteiger partial charge in [-0.1, -0.05) is 43.7 Å². The molecule has 0 aromatic heterocycles. The van der Waals surface area contributed by atoms with Crippen molar-refractivity contribution < 1.29 is 4.79 Å². The summed E-state index contributed by atoms with van der Waals surface area (Å²) in [7, 11) is 0. The van der Waals surface area contributed by atoms with Crippen LogP contribution in [0.4, 0.5) is 0 Å². The molecule has 17 heavy (non-hydrogen) atoms. The molecular weight excluding hydrogens is 212 g/mol. The van der Waals surface area contributed by atoms with Crippen molar-refractivity contribution in [1.29, 1.82) is 0 Å². The van der Waals surface area contributed by atoms with Crippen LogP contribution in [0.3, 0.4) is 0 Å². The number of nitrogens with one attached hydrogen (secondary N) is 1. The first-order chi connectivity index (χ1) is 8.22. The minimum atomic E-state index is -0.543. The first-order valence-corrected chi connectivity index (χ1v) is 6.33. The fourth-order valence-electron chi connectivity index (χ4n) is 2.20. The second-order valence-electron chi connectivity index (χ2n) is 4.79. The van der Waals surface area contributed by atoms with Gasteiger partial charge in [-0.3, -0.25) is 4.79 Å². The Morgan fingerprint density at radius 1 is 1.47 bits per heavy atom. The van der Waals surface area contributed by atoms with Gasteiger partial charge >= 0.3 is 0 Å². The highest BCUT2D eigenvalue weighted by atomic mass is 16.2. The molecule has 3 atom stereocenters. The van der Waals surface area contributed by atoms with Gasteiger partial charge in [0.1, 0.15) is 6.04 Å². The van der Waals surface area contributed by atoms with Crippen LogP contribution in [0.25, 0.3) is 0 Å². The van der Waals surface area contributed by atoms with Crippen molar-refractivity contribution in [1.82, 2.24) is 5.32 Å². The van der Waals surface area contributed by atoms with Crippen LogP contribution in [0.5, 0.6) is 0 Å². The average molecular weight is 232 g/mol. The molecule has 3 heteroatoms. The zero-order valence-electron chi connectivity index (χ0n) is 10.2. The van der Waals surface area contributed by atoms with E-state index in [0.29, 0.717) is 12.0 Å². The minimum absolute atomic E-state index is 0.0557. The van der Waals surface area contributed by atoms with E-state index in [1.807, 2.05) is 30.3 Å². The molecule has 3 nitrogen and oxygen atoms in total. The minimum Gasteiger partial charge on any atom is -0.351 e. The van der Waals surface area contributed by atoms with E-state index in [4.69, 9.17) is 5.73 Å². The largest absolute Gasteiger partial charge is 0.351 e. The third kappa shape index (κ3) is 3.07. The lowest BCUT2D eigenvalue weighted by atomic mass is 10.1. The molecule has 0 spiro atoms. The number of amides is 1. The van der Waals surface area contributed by atoms with E-state index in [9.17, 15) is 4.79 Å². The Morgan fingerprint density at radius 3 is 2.82 bits per heavy atom. The first-order valence-electron chi connectivity index (χ1n) is 6.33. The summed E-state index contributed by atoms with van der Waals surface area (Å²) in [6.45, 7) is 2.17. The van der Waals surface area contributed by atoms with Gasteiger partial charge in [0.15, 0.2) is 0 Å². The highest BCUT2D eigenvalue weighted by Crippen LogP contribution is 2.34. The molecule has 3 unspecified atom stereocenters. The third-order valence-corrected chi connectivity index (χ3v) is 3.35.